The monoisotopic (exact) mass is 505 g/mol. The maximum atomic E-state index is 13.0. The van der Waals surface area contributed by atoms with E-state index in [2.05, 4.69) is 20.6 Å². The molecule has 1 amide bonds. The van der Waals surface area contributed by atoms with Crippen LogP contribution in [0.15, 0.2) is 97.5 Å². The highest BCUT2D eigenvalue weighted by Crippen LogP contribution is 2.27. The van der Waals surface area contributed by atoms with Gasteiger partial charge in [0.25, 0.3) is 5.91 Å². The summed E-state index contributed by atoms with van der Waals surface area (Å²) >= 11 is 0. The predicted octanol–water partition coefficient (Wildman–Crippen LogP) is 4.57. The summed E-state index contributed by atoms with van der Waals surface area (Å²) in [6.45, 7) is 1.52. The van der Waals surface area contributed by atoms with Gasteiger partial charge in [0.05, 0.1) is 12.6 Å². The summed E-state index contributed by atoms with van der Waals surface area (Å²) in [5.41, 5.74) is 3.42. The third-order valence-corrected chi connectivity index (χ3v) is 6.36. The third-order valence-electron chi connectivity index (χ3n) is 6.36. The molecule has 0 saturated carbocycles. The van der Waals surface area contributed by atoms with Crippen molar-refractivity contribution in [3.63, 3.8) is 0 Å². The van der Waals surface area contributed by atoms with Crippen LogP contribution in [0.5, 0.6) is 0 Å². The summed E-state index contributed by atoms with van der Waals surface area (Å²) in [5, 5.41) is 28.5. The first kappa shape index (κ1) is 25.0. The van der Waals surface area contributed by atoms with Gasteiger partial charge in [-0.1, -0.05) is 60.7 Å². The molecule has 5 rings (SSSR count). The Balaban J connectivity index is 1.37. The maximum Gasteiger partial charge on any atom is 0.251 e. The first-order chi connectivity index (χ1) is 18.5. The average molecular weight is 506 g/mol. The standard InChI is InChI=1S/C30H27N5O3/c1-19-11-12-21(30(38)34-26(18-36)28(37)20-7-3-2-4-8-20)15-25(19)33-27-13-14-32-29(35-27)24-17-31-16-22-9-5-6-10-23(22)24/h2-17,26,28,36-37H,18H2,1H3,(H,34,38)(H,32,33,35)/t26-,28-/m0/s1. The molecule has 2 atom stereocenters. The van der Waals surface area contributed by atoms with E-state index in [-0.39, 0.29) is 0 Å². The molecule has 0 spiro atoms. The van der Waals surface area contributed by atoms with Gasteiger partial charge in [-0.15, -0.1) is 0 Å². The average Bonchev–Trinajstić information content (AvgIpc) is 2.97. The van der Waals surface area contributed by atoms with Gasteiger partial charge in [-0.3, -0.25) is 9.78 Å². The summed E-state index contributed by atoms with van der Waals surface area (Å²) in [5.74, 6) is 0.690. The molecule has 0 unspecified atom stereocenters. The van der Waals surface area contributed by atoms with Crippen LogP contribution < -0.4 is 10.6 Å². The number of fused-ring (bicyclic) bond motifs is 1. The predicted molar refractivity (Wildman–Crippen MR) is 147 cm³/mol. The van der Waals surface area contributed by atoms with E-state index in [0.717, 1.165) is 21.9 Å². The van der Waals surface area contributed by atoms with E-state index in [9.17, 15) is 15.0 Å². The van der Waals surface area contributed by atoms with Crippen molar-refractivity contribution in [2.24, 2.45) is 0 Å². The number of amides is 1. The van der Waals surface area contributed by atoms with Crippen molar-refractivity contribution in [1.82, 2.24) is 20.3 Å². The van der Waals surface area contributed by atoms with Gasteiger partial charge < -0.3 is 20.8 Å². The van der Waals surface area contributed by atoms with Gasteiger partial charge in [0.1, 0.15) is 11.9 Å². The van der Waals surface area contributed by atoms with Crippen LogP contribution in [-0.4, -0.2) is 43.7 Å². The van der Waals surface area contributed by atoms with Crippen molar-refractivity contribution in [3.8, 4) is 11.4 Å². The molecule has 2 aromatic heterocycles. The zero-order valence-corrected chi connectivity index (χ0v) is 20.7. The molecule has 190 valence electrons. The number of pyridine rings is 1. The lowest BCUT2D eigenvalue weighted by molar-refractivity contribution is 0.0703. The van der Waals surface area contributed by atoms with Crippen molar-refractivity contribution in [2.45, 2.75) is 19.1 Å². The number of nitrogens with zero attached hydrogens (tertiary/aromatic N) is 3. The fourth-order valence-corrected chi connectivity index (χ4v) is 4.25. The molecule has 8 nitrogen and oxygen atoms in total. The zero-order valence-electron chi connectivity index (χ0n) is 20.7. The molecular formula is C30H27N5O3. The summed E-state index contributed by atoms with van der Waals surface area (Å²) in [6, 6.07) is 23.0. The minimum absolute atomic E-state index is 0.379. The molecule has 0 aliphatic carbocycles. The van der Waals surface area contributed by atoms with Gasteiger partial charge >= 0.3 is 0 Å². The number of carbonyl (C=O) groups is 1. The molecule has 5 aromatic rings. The molecule has 0 fully saturated rings. The van der Waals surface area contributed by atoms with Crippen molar-refractivity contribution in [3.05, 3.63) is 114 Å². The normalized spacial score (nSPS) is 12.6. The number of benzene rings is 3. The molecule has 0 aliphatic heterocycles. The lowest BCUT2D eigenvalue weighted by Crippen LogP contribution is -2.42. The quantitative estimate of drug-likeness (QED) is 0.244. The summed E-state index contributed by atoms with van der Waals surface area (Å²) in [4.78, 5) is 26.5. The van der Waals surface area contributed by atoms with Crippen molar-refractivity contribution < 1.29 is 15.0 Å². The Labute approximate surface area is 220 Å². The molecular weight excluding hydrogens is 478 g/mol. The Hall–Kier alpha value is -4.66. The number of carbonyl (C=O) groups excluding carboxylic acids is 1. The lowest BCUT2D eigenvalue weighted by atomic mass is 10.0. The molecule has 8 heteroatoms. The van der Waals surface area contributed by atoms with E-state index < -0.39 is 24.7 Å². The number of aliphatic hydroxyl groups is 2. The Morgan fingerprint density at radius 3 is 2.58 bits per heavy atom. The summed E-state index contributed by atoms with van der Waals surface area (Å²) in [7, 11) is 0. The maximum absolute atomic E-state index is 13.0. The van der Waals surface area contributed by atoms with E-state index in [0.29, 0.717) is 28.5 Å². The highest BCUT2D eigenvalue weighted by Gasteiger charge is 2.23. The van der Waals surface area contributed by atoms with E-state index in [1.807, 2.05) is 43.3 Å². The number of anilines is 2. The first-order valence-corrected chi connectivity index (χ1v) is 12.2. The molecule has 0 aliphatic rings. The second kappa shape index (κ2) is 11.2. The minimum atomic E-state index is -1.05. The van der Waals surface area contributed by atoms with Crippen molar-refractivity contribution in [2.75, 3.05) is 11.9 Å². The number of aryl methyl sites for hydroxylation is 1. The topological polar surface area (TPSA) is 120 Å². The zero-order chi connectivity index (χ0) is 26.5. The highest BCUT2D eigenvalue weighted by molar-refractivity contribution is 5.96. The van der Waals surface area contributed by atoms with Crippen LogP contribution in [0.2, 0.25) is 0 Å². The second-order valence-corrected chi connectivity index (χ2v) is 8.95. The molecule has 0 saturated heterocycles. The number of rotatable bonds is 8. The molecule has 0 radical (unpaired) electrons. The van der Waals surface area contributed by atoms with E-state index in [1.165, 1.54) is 0 Å². The van der Waals surface area contributed by atoms with Crippen molar-refractivity contribution in [1.29, 1.82) is 0 Å². The van der Waals surface area contributed by atoms with Gasteiger partial charge in [0.2, 0.25) is 0 Å². The molecule has 0 bridgehead atoms. The van der Waals surface area contributed by atoms with Gasteiger partial charge in [-0.25, -0.2) is 9.97 Å². The Morgan fingerprint density at radius 1 is 0.974 bits per heavy atom. The van der Waals surface area contributed by atoms with E-state index in [1.54, 1.807) is 61.1 Å². The first-order valence-electron chi connectivity index (χ1n) is 12.2. The minimum Gasteiger partial charge on any atom is -0.394 e. The van der Waals surface area contributed by atoms with Crippen LogP contribution in [0.25, 0.3) is 22.2 Å². The van der Waals surface area contributed by atoms with Crippen LogP contribution in [0.4, 0.5) is 11.5 Å². The summed E-state index contributed by atoms with van der Waals surface area (Å²) in [6.07, 6.45) is 4.19. The Kier molecular flexibility index (Phi) is 7.35. The number of aromatic nitrogens is 3. The molecule has 3 aromatic carbocycles. The molecule has 4 N–H and O–H groups in total. The fourth-order valence-electron chi connectivity index (χ4n) is 4.25. The number of aliphatic hydroxyl groups excluding tert-OH is 2. The number of hydrogen-bond donors (Lipinski definition) is 4. The highest BCUT2D eigenvalue weighted by atomic mass is 16.3. The third kappa shape index (κ3) is 5.36. The Morgan fingerprint density at radius 2 is 1.76 bits per heavy atom. The van der Waals surface area contributed by atoms with Crippen molar-refractivity contribution >= 4 is 28.2 Å². The van der Waals surface area contributed by atoms with Gasteiger partial charge in [0, 0.05) is 40.8 Å². The van der Waals surface area contributed by atoms with Crippen LogP contribution in [0.3, 0.4) is 0 Å². The van der Waals surface area contributed by atoms with Crippen LogP contribution in [0.1, 0.15) is 27.6 Å². The number of hydrogen-bond acceptors (Lipinski definition) is 7. The van der Waals surface area contributed by atoms with Gasteiger partial charge in [0.15, 0.2) is 5.82 Å². The fraction of sp³-hybridized carbons (Fsp3) is 0.133. The van der Waals surface area contributed by atoms with Crippen LogP contribution >= 0.6 is 0 Å². The van der Waals surface area contributed by atoms with Crippen LogP contribution in [-0.2, 0) is 0 Å². The SMILES string of the molecule is Cc1ccc(C(=O)N[C@@H](CO)[C@@H](O)c2ccccc2)cc1Nc1ccnc(-c2cncc3ccccc23)n1. The largest absolute Gasteiger partial charge is 0.394 e. The lowest BCUT2D eigenvalue weighted by Gasteiger charge is -2.23. The molecule has 2 heterocycles. The number of nitrogens with one attached hydrogen (secondary N) is 2. The van der Waals surface area contributed by atoms with Crippen LogP contribution in [0, 0.1) is 6.92 Å². The Bertz CT molecular complexity index is 1570. The second-order valence-electron chi connectivity index (χ2n) is 8.95. The van der Waals surface area contributed by atoms with E-state index >= 15 is 0 Å². The van der Waals surface area contributed by atoms with Gasteiger partial charge in [-0.2, -0.15) is 0 Å². The van der Waals surface area contributed by atoms with E-state index in [4.69, 9.17) is 4.98 Å². The van der Waals surface area contributed by atoms with Gasteiger partial charge in [-0.05, 0) is 41.6 Å². The molecule has 38 heavy (non-hydrogen) atoms. The summed E-state index contributed by atoms with van der Waals surface area (Å²) < 4.78 is 0. The smallest absolute Gasteiger partial charge is 0.251 e.